The number of methoxy groups -OCH3 is 4. The number of nitrogens with zero attached hydrogens (tertiary/aromatic N) is 1. The molecule has 3 aromatic carbocycles. The van der Waals surface area contributed by atoms with Crippen molar-refractivity contribution in [1.82, 2.24) is 4.90 Å². The Balaban J connectivity index is 1.74. The molecular formula is C32H37NO8. The van der Waals surface area contributed by atoms with Gasteiger partial charge in [-0.1, -0.05) is 36.4 Å². The molecule has 9 nitrogen and oxygen atoms in total. The molecule has 0 bridgehead atoms. The highest BCUT2D eigenvalue weighted by molar-refractivity contribution is 5.76. The molecule has 2 atom stereocenters. The monoisotopic (exact) mass is 563 g/mol. The molecular weight excluding hydrogens is 526 g/mol. The van der Waals surface area contributed by atoms with Gasteiger partial charge in [0.15, 0.2) is 0 Å². The van der Waals surface area contributed by atoms with Crippen molar-refractivity contribution in [3.8, 4) is 17.2 Å². The summed E-state index contributed by atoms with van der Waals surface area (Å²) in [4.78, 5) is 26.1. The maximum absolute atomic E-state index is 12.6. The number of rotatable bonds is 12. The number of ether oxygens (including phenoxy) is 6. The second-order valence-corrected chi connectivity index (χ2v) is 9.72. The second kappa shape index (κ2) is 13.5. The van der Waals surface area contributed by atoms with Gasteiger partial charge in [-0.15, -0.1) is 0 Å². The second-order valence-electron chi connectivity index (χ2n) is 9.72. The summed E-state index contributed by atoms with van der Waals surface area (Å²) in [6, 6.07) is 22.8. The summed E-state index contributed by atoms with van der Waals surface area (Å²) in [5.41, 5.74) is 1.63. The van der Waals surface area contributed by atoms with Crippen LogP contribution in [0.5, 0.6) is 17.2 Å². The Morgan fingerprint density at radius 1 is 0.756 bits per heavy atom. The summed E-state index contributed by atoms with van der Waals surface area (Å²) < 4.78 is 33.7. The van der Waals surface area contributed by atoms with Crippen LogP contribution in [0.4, 0.5) is 0 Å². The molecule has 1 fully saturated rings. The molecule has 0 unspecified atom stereocenters. The Bertz CT molecular complexity index is 1180. The van der Waals surface area contributed by atoms with Crippen LogP contribution in [-0.2, 0) is 29.4 Å². The highest BCUT2D eigenvalue weighted by Gasteiger charge is 2.41. The number of carbonyl (C=O) groups excluding carboxylic acids is 2. The average Bonchev–Trinajstić information content (AvgIpc) is 3.40. The smallest absolute Gasteiger partial charge is 0.323 e. The Morgan fingerprint density at radius 2 is 1.20 bits per heavy atom. The number of hydrogen-bond acceptors (Lipinski definition) is 9. The van der Waals surface area contributed by atoms with Gasteiger partial charge in [-0.25, -0.2) is 0 Å². The maximum atomic E-state index is 12.6. The van der Waals surface area contributed by atoms with Gasteiger partial charge in [0.25, 0.3) is 0 Å². The molecule has 9 heteroatoms. The van der Waals surface area contributed by atoms with E-state index in [2.05, 4.69) is 0 Å². The van der Waals surface area contributed by atoms with E-state index in [0.717, 1.165) is 33.9 Å². The minimum Gasteiger partial charge on any atom is -0.497 e. The third kappa shape index (κ3) is 6.64. The minimum atomic E-state index is -1.03. The third-order valence-electron chi connectivity index (χ3n) is 7.36. The fraction of sp³-hybridized carbons (Fsp3) is 0.375. The lowest BCUT2D eigenvalue weighted by molar-refractivity contribution is -0.148. The Hall–Kier alpha value is -4.08. The molecule has 0 aliphatic carbocycles. The third-order valence-corrected chi connectivity index (χ3v) is 7.36. The quantitative estimate of drug-likeness (QED) is 0.237. The average molecular weight is 564 g/mol. The molecule has 1 aliphatic heterocycles. The van der Waals surface area contributed by atoms with Crippen LogP contribution in [0, 0.1) is 0 Å². The van der Waals surface area contributed by atoms with Gasteiger partial charge in [-0.3, -0.25) is 14.5 Å². The summed E-state index contributed by atoms with van der Waals surface area (Å²) in [6.07, 6.45) is -0.0292. The lowest BCUT2D eigenvalue weighted by Crippen LogP contribution is -2.41. The molecule has 4 rings (SSSR count). The van der Waals surface area contributed by atoms with Gasteiger partial charge in [0.05, 0.1) is 35.0 Å². The highest BCUT2D eigenvalue weighted by atomic mass is 16.5. The van der Waals surface area contributed by atoms with Crippen molar-refractivity contribution < 1.29 is 38.0 Å². The predicted octanol–water partition coefficient (Wildman–Crippen LogP) is 4.20. The molecule has 0 aromatic heterocycles. The van der Waals surface area contributed by atoms with E-state index < -0.39 is 17.7 Å². The zero-order chi connectivity index (χ0) is 29.4. The standard InChI is InChI=1S/C32H37NO8/c1-22(34)41-29-20-30(31(35)39-5)33(21-29)18-19-40-32(23-6-12-26(36-2)13-7-23,24-8-14-27(37-3)15-9-24)25-10-16-28(38-4)17-11-25/h6-17,29-30H,18-21H2,1-5H3/t29-,30+/m0/s1. The molecule has 1 saturated heterocycles. The van der Waals surface area contributed by atoms with Gasteiger partial charge in [0.2, 0.25) is 0 Å². The summed E-state index contributed by atoms with van der Waals surface area (Å²) in [6.45, 7) is 2.43. The normalized spacial score (nSPS) is 17.1. The molecule has 41 heavy (non-hydrogen) atoms. The summed E-state index contributed by atoms with van der Waals surface area (Å²) in [5.74, 6) is 1.42. The van der Waals surface area contributed by atoms with Gasteiger partial charge in [0, 0.05) is 26.4 Å². The summed E-state index contributed by atoms with van der Waals surface area (Å²) in [5, 5.41) is 0. The largest absolute Gasteiger partial charge is 0.497 e. The van der Waals surface area contributed by atoms with Gasteiger partial charge < -0.3 is 28.4 Å². The van der Waals surface area contributed by atoms with Gasteiger partial charge in [0.1, 0.15) is 35.0 Å². The van der Waals surface area contributed by atoms with E-state index in [9.17, 15) is 9.59 Å². The van der Waals surface area contributed by atoms with E-state index in [0.29, 0.717) is 19.5 Å². The molecule has 0 saturated carbocycles. The molecule has 0 spiro atoms. The van der Waals surface area contributed by atoms with Crippen molar-refractivity contribution in [2.24, 2.45) is 0 Å². The first-order valence-corrected chi connectivity index (χ1v) is 13.4. The Morgan fingerprint density at radius 3 is 1.56 bits per heavy atom. The van der Waals surface area contributed by atoms with E-state index in [1.54, 1.807) is 21.3 Å². The number of likely N-dealkylation sites (tertiary alicyclic amines) is 1. The van der Waals surface area contributed by atoms with E-state index in [1.165, 1.54) is 14.0 Å². The SMILES string of the molecule is COC(=O)[C@H]1C[C@H](OC(C)=O)CN1CCOC(c1ccc(OC)cc1)(c1ccc(OC)cc1)c1ccc(OC)cc1. The molecule has 0 N–H and O–H groups in total. The summed E-state index contributed by atoms with van der Waals surface area (Å²) in [7, 11) is 6.24. The fourth-order valence-electron chi connectivity index (χ4n) is 5.35. The summed E-state index contributed by atoms with van der Waals surface area (Å²) >= 11 is 0. The Kier molecular flexibility index (Phi) is 9.86. The first kappa shape index (κ1) is 29.9. The van der Waals surface area contributed by atoms with Crippen molar-refractivity contribution >= 4 is 11.9 Å². The minimum absolute atomic E-state index is 0.254. The molecule has 3 aromatic rings. The first-order chi connectivity index (χ1) is 19.8. The lowest BCUT2D eigenvalue weighted by Gasteiger charge is -2.37. The molecule has 1 aliphatic rings. The van der Waals surface area contributed by atoms with Crippen LogP contribution in [0.3, 0.4) is 0 Å². The van der Waals surface area contributed by atoms with Crippen molar-refractivity contribution in [3.63, 3.8) is 0 Å². The van der Waals surface area contributed by atoms with E-state index in [4.69, 9.17) is 28.4 Å². The van der Waals surface area contributed by atoms with E-state index >= 15 is 0 Å². The topological polar surface area (TPSA) is 92.8 Å². The van der Waals surface area contributed by atoms with Crippen LogP contribution in [0.25, 0.3) is 0 Å². The van der Waals surface area contributed by atoms with Crippen LogP contribution in [0.15, 0.2) is 72.8 Å². The van der Waals surface area contributed by atoms with Gasteiger partial charge >= 0.3 is 11.9 Å². The number of carbonyl (C=O) groups is 2. The Labute approximate surface area is 240 Å². The zero-order valence-electron chi connectivity index (χ0n) is 24.1. The molecule has 0 radical (unpaired) electrons. The van der Waals surface area contributed by atoms with Crippen molar-refractivity contribution in [3.05, 3.63) is 89.5 Å². The van der Waals surface area contributed by atoms with E-state index in [-0.39, 0.29) is 18.5 Å². The molecule has 218 valence electrons. The van der Waals surface area contributed by atoms with Crippen LogP contribution in [0.1, 0.15) is 30.0 Å². The van der Waals surface area contributed by atoms with Crippen LogP contribution >= 0.6 is 0 Å². The highest BCUT2D eigenvalue weighted by Crippen LogP contribution is 2.42. The predicted molar refractivity (Wildman–Crippen MR) is 152 cm³/mol. The molecule has 0 amide bonds. The fourth-order valence-corrected chi connectivity index (χ4v) is 5.35. The van der Waals surface area contributed by atoms with Crippen LogP contribution < -0.4 is 14.2 Å². The number of esters is 2. The number of hydrogen-bond donors (Lipinski definition) is 0. The van der Waals surface area contributed by atoms with Crippen LogP contribution in [0.2, 0.25) is 0 Å². The number of benzene rings is 3. The van der Waals surface area contributed by atoms with Gasteiger partial charge in [-0.05, 0) is 53.1 Å². The zero-order valence-corrected chi connectivity index (χ0v) is 24.1. The van der Waals surface area contributed by atoms with Crippen LogP contribution in [-0.4, -0.2) is 77.1 Å². The first-order valence-electron chi connectivity index (χ1n) is 13.4. The maximum Gasteiger partial charge on any atom is 0.323 e. The van der Waals surface area contributed by atoms with Crippen molar-refractivity contribution in [2.75, 3.05) is 48.1 Å². The van der Waals surface area contributed by atoms with Gasteiger partial charge in [-0.2, -0.15) is 0 Å². The van der Waals surface area contributed by atoms with Crippen molar-refractivity contribution in [1.29, 1.82) is 0 Å². The van der Waals surface area contributed by atoms with Crippen molar-refractivity contribution in [2.45, 2.75) is 31.1 Å². The van der Waals surface area contributed by atoms with E-state index in [1.807, 2.05) is 77.7 Å². The lowest BCUT2D eigenvalue weighted by atomic mass is 9.80. The molecule has 1 heterocycles.